The predicted molar refractivity (Wildman–Crippen MR) is 93.3 cm³/mol. The van der Waals surface area contributed by atoms with Crippen LogP contribution in [0.4, 0.5) is 0 Å². The number of rotatable bonds is 4. The Hall–Kier alpha value is -3.26. The summed E-state index contributed by atoms with van der Waals surface area (Å²) in [7, 11) is 0. The zero-order valence-corrected chi connectivity index (χ0v) is 14.0. The summed E-state index contributed by atoms with van der Waals surface area (Å²) < 4.78 is 6.84. The van der Waals surface area contributed by atoms with Crippen LogP contribution in [0.25, 0.3) is 22.0 Å². The van der Waals surface area contributed by atoms with Gasteiger partial charge in [0, 0.05) is 22.8 Å². The zero-order valence-electron chi connectivity index (χ0n) is 13.2. The Bertz CT molecular complexity index is 1210. The van der Waals surface area contributed by atoms with Crippen molar-refractivity contribution in [3.05, 3.63) is 63.5 Å². The summed E-state index contributed by atoms with van der Waals surface area (Å²) in [5, 5.41) is 14.6. The number of halogens is 1. The monoisotopic (exact) mass is 370 g/mol. The van der Waals surface area contributed by atoms with E-state index in [0.29, 0.717) is 16.4 Å². The molecule has 0 bridgehead atoms. The first-order valence-electron chi connectivity index (χ1n) is 7.62. The zero-order chi connectivity index (χ0) is 18.3. The quantitative estimate of drug-likeness (QED) is 0.586. The molecule has 1 aromatic carbocycles. The first-order valence-corrected chi connectivity index (χ1v) is 7.99. The van der Waals surface area contributed by atoms with Crippen LogP contribution in [0.2, 0.25) is 5.02 Å². The predicted octanol–water partition coefficient (Wildman–Crippen LogP) is 2.26. The Morgan fingerprint density at radius 2 is 1.96 bits per heavy atom. The van der Waals surface area contributed by atoms with Gasteiger partial charge >= 0.3 is 5.97 Å². The first kappa shape index (κ1) is 16.2. The number of carboxylic acid groups (broad SMARTS) is 1. The third kappa shape index (κ3) is 2.91. The first-order chi connectivity index (χ1) is 12.5. The molecule has 0 aliphatic carbocycles. The van der Waals surface area contributed by atoms with Gasteiger partial charge in [-0.05, 0) is 24.3 Å². The molecule has 3 aromatic heterocycles. The molecule has 0 aliphatic rings. The number of carboxylic acids is 1. The third-order valence-corrected chi connectivity index (χ3v) is 4.04. The van der Waals surface area contributed by atoms with Crippen LogP contribution in [-0.2, 0) is 17.8 Å². The minimum Gasteiger partial charge on any atom is -0.481 e. The normalized spacial score (nSPS) is 11.3. The molecule has 0 unspecified atom stereocenters. The molecule has 0 fully saturated rings. The standard InChI is InChI=1S/C17H11ClN4O4/c18-10-1-2-13-9(5-10)6-11(26-13)8-22-17(25)16-15(19-3-4-20-16)12(21-22)7-14(23)24/h1-6H,7-8H2,(H,23,24). The lowest BCUT2D eigenvalue weighted by Crippen LogP contribution is -2.26. The van der Waals surface area contributed by atoms with Crippen LogP contribution in [-0.4, -0.2) is 30.8 Å². The second-order valence-electron chi connectivity index (χ2n) is 5.63. The van der Waals surface area contributed by atoms with E-state index in [-0.39, 0.29) is 29.7 Å². The molecule has 130 valence electrons. The van der Waals surface area contributed by atoms with Crippen LogP contribution in [0.1, 0.15) is 11.5 Å². The van der Waals surface area contributed by atoms with Crippen LogP contribution in [0.5, 0.6) is 0 Å². The Balaban J connectivity index is 1.83. The highest BCUT2D eigenvalue weighted by atomic mass is 35.5. The fraction of sp³-hybridized carbons (Fsp3) is 0.118. The van der Waals surface area contributed by atoms with Crippen molar-refractivity contribution in [3.8, 4) is 0 Å². The molecular weight excluding hydrogens is 360 g/mol. The molecule has 3 heterocycles. The molecule has 8 nitrogen and oxygen atoms in total. The number of nitrogens with zero attached hydrogens (tertiary/aromatic N) is 4. The molecule has 26 heavy (non-hydrogen) atoms. The topological polar surface area (TPSA) is 111 Å². The van der Waals surface area contributed by atoms with Crippen molar-refractivity contribution in [2.45, 2.75) is 13.0 Å². The van der Waals surface area contributed by atoms with Crippen LogP contribution in [0.15, 0.2) is 45.9 Å². The fourth-order valence-corrected chi connectivity index (χ4v) is 2.91. The van der Waals surface area contributed by atoms with Gasteiger partial charge < -0.3 is 9.52 Å². The van der Waals surface area contributed by atoms with Crippen molar-refractivity contribution < 1.29 is 14.3 Å². The Morgan fingerprint density at radius 1 is 1.19 bits per heavy atom. The van der Waals surface area contributed by atoms with Gasteiger partial charge in [0.25, 0.3) is 5.56 Å². The van der Waals surface area contributed by atoms with Crippen molar-refractivity contribution >= 4 is 39.6 Å². The van der Waals surface area contributed by atoms with Gasteiger partial charge in [-0.1, -0.05) is 11.6 Å². The minimum atomic E-state index is -1.08. The van der Waals surface area contributed by atoms with Gasteiger partial charge in [0.15, 0.2) is 5.52 Å². The molecule has 4 aromatic rings. The van der Waals surface area contributed by atoms with E-state index in [9.17, 15) is 9.59 Å². The molecule has 0 radical (unpaired) electrons. The van der Waals surface area contributed by atoms with Gasteiger partial charge in [0.1, 0.15) is 29.1 Å². The Labute approximate surface area is 150 Å². The smallest absolute Gasteiger partial charge is 0.309 e. The number of aliphatic carboxylic acids is 1. The molecule has 4 rings (SSSR count). The van der Waals surface area contributed by atoms with E-state index in [0.717, 1.165) is 10.1 Å². The van der Waals surface area contributed by atoms with Gasteiger partial charge in [0.2, 0.25) is 0 Å². The molecule has 0 spiro atoms. The van der Waals surface area contributed by atoms with Gasteiger partial charge in [-0.3, -0.25) is 14.6 Å². The maximum Gasteiger partial charge on any atom is 0.309 e. The number of fused-ring (bicyclic) bond motifs is 2. The SMILES string of the molecule is O=C(O)Cc1nn(Cc2cc3cc(Cl)ccc3o2)c(=O)c2nccnc12. The summed E-state index contributed by atoms with van der Waals surface area (Å²) in [6.07, 6.45) is 2.40. The third-order valence-electron chi connectivity index (χ3n) is 3.80. The molecule has 0 amide bonds. The van der Waals surface area contributed by atoms with Crippen molar-refractivity contribution in [2.24, 2.45) is 0 Å². The van der Waals surface area contributed by atoms with E-state index in [1.807, 2.05) is 0 Å². The van der Waals surface area contributed by atoms with Gasteiger partial charge in [-0.2, -0.15) is 5.10 Å². The highest BCUT2D eigenvalue weighted by molar-refractivity contribution is 6.31. The lowest BCUT2D eigenvalue weighted by atomic mass is 10.2. The highest BCUT2D eigenvalue weighted by Gasteiger charge is 2.16. The second kappa shape index (κ2) is 6.23. The van der Waals surface area contributed by atoms with E-state index >= 15 is 0 Å². The number of aromatic nitrogens is 4. The van der Waals surface area contributed by atoms with E-state index in [1.165, 1.54) is 12.4 Å². The molecule has 0 saturated carbocycles. The minimum absolute atomic E-state index is 0.0320. The number of hydrogen-bond acceptors (Lipinski definition) is 6. The van der Waals surface area contributed by atoms with Crippen molar-refractivity contribution in [2.75, 3.05) is 0 Å². The van der Waals surface area contributed by atoms with E-state index < -0.39 is 11.5 Å². The van der Waals surface area contributed by atoms with Crippen LogP contribution < -0.4 is 5.56 Å². The number of hydrogen-bond donors (Lipinski definition) is 1. The van der Waals surface area contributed by atoms with Crippen LogP contribution in [0, 0.1) is 0 Å². The molecule has 0 aliphatic heterocycles. The molecule has 0 atom stereocenters. The van der Waals surface area contributed by atoms with Gasteiger partial charge in [-0.25, -0.2) is 9.67 Å². The summed E-state index contributed by atoms with van der Waals surface area (Å²) in [6, 6.07) is 6.95. The summed E-state index contributed by atoms with van der Waals surface area (Å²) in [4.78, 5) is 31.8. The Morgan fingerprint density at radius 3 is 2.73 bits per heavy atom. The average Bonchev–Trinajstić information content (AvgIpc) is 3.00. The lowest BCUT2D eigenvalue weighted by molar-refractivity contribution is -0.136. The summed E-state index contributed by atoms with van der Waals surface area (Å²) in [5.41, 5.74) is 0.578. The van der Waals surface area contributed by atoms with Crippen molar-refractivity contribution in [3.63, 3.8) is 0 Å². The second-order valence-corrected chi connectivity index (χ2v) is 6.06. The van der Waals surface area contributed by atoms with Gasteiger partial charge in [-0.15, -0.1) is 0 Å². The number of carbonyl (C=O) groups is 1. The Kier molecular flexibility index (Phi) is 3.89. The molecule has 1 N–H and O–H groups in total. The van der Waals surface area contributed by atoms with E-state index in [2.05, 4.69) is 15.1 Å². The molecular formula is C17H11ClN4O4. The maximum absolute atomic E-state index is 12.6. The van der Waals surface area contributed by atoms with E-state index in [1.54, 1.807) is 24.3 Å². The van der Waals surface area contributed by atoms with E-state index in [4.69, 9.17) is 21.1 Å². The lowest BCUT2D eigenvalue weighted by Gasteiger charge is -2.07. The fourth-order valence-electron chi connectivity index (χ4n) is 2.73. The summed E-state index contributed by atoms with van der Waals surface area (Å²) in [5.74, 6) is -0.589. The maximum atomic E-state index is 12.6. The van der Waals surface area contributed by atoms with Crippen LogP contribution >= 0.6 is 11.6 Å². The van der Waals surface area contributed by atoms with Gasteiger partial charge in [0.05, 0.1) is 6.42 Å². The summed E-state index contributed by atoms with van der Waals surface area (Å²) in [6.45, 7) is 0.0320. The largest absolute Gasteiger partial charge is 0.481 e. The molecule has 0 saturated heterocycles. The van der Waals surface area contributed by atoms with Crippen molar-refractivity contribution in [1.29, 1.82) is 0 Å². The number of furan rings is 1. The average molecular weight is 371 g/mol. The number of benzene rings is 1. The summed E-state index contributed by atoms with van der Waals surface area (Å²) >= 11 is 5.97. The molecule has 9 heteroatoms. The van der Waals surface area contributed by atoms with Crippen molar-refractivity contribution in [1.82, 2.24) is 19.7 Å². The van der Waals surface area contributed by atoms with Crippen LogP contribution in [0.3, 0.4) is 0 Å². The highest BCUT2D eigenvalue weighted by Crippen LogP contribution is 2.23.